The third kappa shape index (κ3) is 3.08. The number of nitrogens with zero attached hydrogens (tertiary/aromatic N) is 1. The number of aromatic carboxylic acids is 1. The van der Waals surface area contributed by atoms with Crippen molar-refractivity contribution in [2.24, 2.45) is 0 Å². The minimum absolute atomic E-state index is 0.0193. The van der Waals surface area contributed by atoms with Crippen LogP contribution in [-0.4, -0.2) is 33.7 Å². The lowest BCUT2D eigenvalue weighted by atomic mass is 10.0. The van der Waals surface area contributed by atoms with Crippen LogP contribution in [0.2, 0.25) is 0 Å². The summed E-state index contributed by atoms with van der Waals surface area (Å²) in [6.07, 6.45) is -3.72. The summed E-state index contributed by atoms with van der Waals surface area (Å²) < 4.78 is 43.6. The molecule has 22 heavy (non-hydrogen) atoms. The highest BCUT2D eigenvalue weighted by atomic mass is 19.4. The molecule has 1 heterocycles. The Morgan fingerprint density at radius 1 is 1.23 bits per heavy atom. The number of rotatable bonds is 4. The second-order valence-electron chi connectivity index (χ2n) is 4.21. The van der Waals surface area contributed by atoms with Gasteiger partial charge in [-0.2, -0.15) is 13.2 Å². The molecule has 0 amide bonds. The van der Waals surface area contributed by atoms with Gasteiger partial charge in [0.05, 0.1) is 16.6 Å². The predicted molar refractivity (Wildman–Crippen MR) is 66.8 cm³/mol. The van der Waals surface area contributed by atoms with Crippen LogP contribution in [0, 0.1) is 0 Å². The van der Waals surface area contributed by atoms with Gasteiger partial charge in [-0.3, -0.25) is 4.98 Å². The highest BCUT2D eigenvalue weighted by Gasteiger charge is 2.36. The molecule has 1 aromatic heterocycles. The molecule has 0 atom stereocenters. The number of benzene rings is 1. The summed E-state index contributed by atoms with van der Waals surface area (Å²) in [4.78, 5) is 25.2. The molecule has 0 bridgehead atoms. The number of carboxylic acid groups (broad SMARTS) is 2. The van der Waals surface area contributed by atoms with Crippen molar-refractivity contribution >= 4 is 22.8 Å². The van der Waals surface area contributed by atoms with Gasteiger partial charge in [-0.05, 0) is 18.2 Å². The normalized spacial score (nSPS) is 11.4. The molecule has 2 rings (SSSR count). The van der Waals surface area contributed by atoms with Crippen LogP contribution in [0.15, 0.2) is 24.4 Å². The summed E-state index contributed by atoms with van der Waals surface area (Å²) in [5.74, 6) is -3.11. The van der Waals surface area contributed by atoms with Crippen molar-refractivity contribution in [1.29, 1.82) is 0 Å². The average molecular weight is 315 g/mol. The van der Waals surface area contributed by atoms with E-state index in [-0.39, 0.29) is 16.7 Å². The van der Waals surface area contributed by atoms with E-state index in [1.807, 2.05) is 0 Å². The van der Waals surface area contributed by atoms with E-state index in [9.17, 15) is 22.8 Å². The van der Waals surface area contributed by atoms with Crippen LogP contribution in [0.3, 0.4) is 0 Å². The van der Waals surface area contributed by atoms with Gasteiger partial charge in [-0.1, -0.05) is 0 Å². The van der Waals surface area contributed by atoms with Crippen molar-refractivity contribution in [3.05, 3.63) is 35.5 Å². The Kier molecular flexibility index (Phi) is 3.89. The highest BCUT2D eigenvalue weighted by molar-refractivity contribution is 5.97. The minimum Gasteiger partial charge on any atom is -0.481 e. The molecule has 0 saturated carbocycles. The van der Waals surface area contributed by atoms with E-state index in [2.05, 4.69) is 4.98 Å². The van der Waals surface area contributed by atoms with Crippen LogP contribution in [-0.2, 0) is 11.0 Å². The molecular formula is C13H8F3NO5. The number of hydrogen-bond acceptors (Lipinski definition) is 4. The van der Waals surface area contributed by atoms with Gasteiger partial charge in [0, 0.05) is 11.6 Å². The number of aliphatic carboxylic acids is 1. The van der Waals surface area contributed by atoms with Gasteiger partial charge in [0.25, 0.3) is 0 Å². The predicted octanol–water partition coefficient (Wildman–Crippen LogP) is 2.42. The Morgan fingerprint density at radius 2 is 1.91 bits per heavy atom. The molecule has 2 N–H and O–H groups in total. The first-order valence-corrected chi connectivity index (χ1v) is 5.78. The fourth-order valence-corrected chi connectivity index (χ4v) is 1.84. The number of halogens is 3. The molecule has 1 aromatic carbocycles. The quantitative estimate of drug-likeness (QED) is 0.899. The van der Waals surface area contributed by atoms with Crippen LogP contribution >= 0.6 is 0 Å². The fourth-order valence-electron chi connectivity index (χ4n) is 1.84. The van der Waals surface area contributed by atoms with Crippen molar-refractivity contribution in [3.63, 3.8) is 0 Å². The molecule has 2 aromatic rings. The van der Waals surface area contributed by atoms with E-state index in [0.29, 0.717) is 6.07 Å². The largest absolute Gasteiger partial charge is 0.481 e. The molecule has 0 unspecified atom stereocenters. The Labute approximate surface area is 120 Å². The Morgan fingerprint density at radius 3 is 2.45 bits per heavy atom. The average Bonchev–Trinajstić information content (AvgIpc) is 2.42. The summed E-state index contributed by atoms with van der Waals surface area (Å²) >= 11 is 0. The lowest BCUT2D eigenvalue weighted by molar-refractivity contribution is -0.139. The van der Waals surface area contributed by atoms with Gasteiger partial charge in [0.1, 0.15) is 5.75 Å². The summed E-state index contributed by atoms with van der Waals surface area (Å²) in [6, 6.07) is 2.60. The molecule has 0 aliphatic rings. The van der Waals surface area contributed by atoms with Crippen molar-refractivity contribution in [2.45, 2.75) is 6.18 Å². The van der Waals surface area contributed by atoms with E-state index in [1.54, 1.807) is 0 Å². The fraction of sp³-hybridized carbons (Fsp3) is 0.154. The van der Waals surface area contributed by atoms with Crippen molar-refractivity contribution < 1.29 is 37.7 Å². The van der Waals surface area contributed by atoms with Gasteiger partial charge < -0.3 is 14.9 Å². The molecule has 6 nitrogen and oxygen atoms in total. The van der Waals surface area contributed by atoms with Crippen molar-refractivity contribution in [1.82, 2.24) is 4.98 Å². The van der Waals surface area contributed by atoms with E-state index in [4.69, 9.17) is 14.9 Å². The number of fused-ring (bicyclic) bond motifs is 1. The lowest BCUT2D eigenvalue weighted by Gasteiger charge is -2.13. The molecule has 0 aliphatic heterocycles. The molecule has 0 radical (unpaired) electrons. The van der Waals surface area contributed by atoms with Gasteiger partial charge in [0.15, 0.2) is 6.61 Å². The molecule has 116 valence electrons. The van der Waals surface area contributed by atoms with Crippen LogP contribution in [0.5, 0.6) is 5.75 Å². The Hall–Kier alpha value is -2.84. The highest BCUT2D eigenvalue weighted by Crippen LogP contribution is 2.36. The minimum atomic E-state index is -4.86. The first-order valence-electron chi connectivity index (χ1n) is 5.78. The smallest absolute Gasteiger partial charge is 0.417 e. The van der Waals surface area contributed by atoms with E-state index in [0.717, 1.165) is 12.3 Å². The first-order chi connectivity index (χ1) is 10.2. The third-order valence-corrected chi connectivity index (χ3v) is 2.73. The summed E-state index contributed by atoms with van der Waals surface area (Å²) in [7, 11) is 0. The molecule has 9 heteroatoms. The molecular weight excluding hydrogens is 307 g/mol. The topological polar surface area (TPSA) is 96.7 Å². The lowest BCUT2D eigenvalue weighted by Crippen LogP contribution is -2.14. The second kappa shape index (κ2) is 5.51. The maximum Gasteiger partial charge on any atom is 0.417 e. The first kappa shape index (κ1) is 15.5. The summed E-state index contributed by atoms with van der Waals surface area (Å²) in [6.45, 7) is -0.720. The van der Waals surface area contributed by atoms with Crippen LogP contribution in [0.4, 0.5) is 13.2 Å². The van der Waals surface area contributed by atoms with Crippen molar-refractivity contribution in [2.75, 3.05) is 6.61 Å². The van der Waals surface area contributed by atoms with Gasteiger partial charge in [0.2, 0.25) is 0 Å². The standard InChI is InChI=1S/C13H8F3NO5/c14-13(15,16)8-4-9-7(3-6(8)12(20)21)10(1-2-17-9)22-5-11(18)19/h1-4H,5H2,(H,18,19)(H,20,21). The Balaban J connectivity index is 2.66. The summed E-state index contributed by atoms with van der Waals surface area (Å²) in [5, 5.41) is 17.5. The van der Waals surface area contributed by atoms with Crippen LogP contribution in [0.25, 0.3) is 10.9 Å². The number of alkyl halides is 3. The number of carboxylic acids is 2. The molecule has 0 spiro atoms. The number of aromatic nitrogens is 1. The third-order valence-electron chi connectivity index (χ3n) is 2.73. The Bertz CT molecular complexity index is 757. The second-order valence-corrected chi connectivity index (χ2v) is 4.21. The van der Waals surface area contributed by atoms with E-state index in [1.165, 1.54) is 6.07 Å². The van der Waals surface area contributed by atoms with Gasteiger partial charge in [-0.15, -0.1) is 0 Å². The summed E-state index contributed by atoms with van der Waals surface area (Å²) in [5.41, 5.74) is -2.45. The van der Waals surface area contributed by atoms with E-state index >= 15 is 0 Å². The number of carbonyl (C=O) groups is 2. The van der Waals surface area contributed by atoms with Crippen LogP contribution < -0.4 is 4.74 Å². The van der Waals surface area contributed by atoms with Crippen molar-refractivity contribution in [3.8, 4) is 5.75 Å². The molecule has 0 saturated heterocycles. The molecule has 0 aliphatic carbocycles. The number of hydrogen-bond donors (Lipinski definition) is 2. The van der Waals surface area contributed by atoms with Gasteiger partial charge >= 0.3 is 18.1 Å². The zero-order valence-corrected chi connectivity index (χ0v) is 10.7. The monoisotopic (exact) mass is 315 g/mol. The zero-order chi connectivity index (χ0) is 16.5. The zero-order valence-electron chi connectivity index (χ0n) is 10.7. The molecule has 0 fully saturated rings. The number of pyridine rings is 1. The maximum absolute atomic E-state index is 12.9. The van der Waals surface area contributed by atoms with Gasteiger partial charge in [-0.25, -0.2) is 9.59 Å². The SMILES string of the molecule is O=C(O)COc1ccnc2cc(C(F)(F)F)c(C(=O)O)cc12. The van der Waals surface area contributed by atoms with E-state index < -0.39 is 35.8 Å². The van der Waals surface area contributed by atoms with Crippen LogP contribution in [0.1, 0.15) is 15.9 Å². The number of ether oxygens (including phenoxy) is 1. The maximum atomic E-state index is 12.9.